The molecule has 1 atom stereocenters. The topological polar surface area (TPSA) is 37.8 Å². The third kappa shape index (κ3) is 3.31. The van der Waals surface area contributed by atoms with Crippen LogP contribution in [0.25, 0.3) is 11.1 Å². The molecule has 1 unspecified atom stereocenters. The van der Waals surface area contributed by atoms with Crippen molar-refractivity contribution >= 4 is 5.82 Å². The average molecular weight is 289 g/mol. The maximum absolute atomic E-state index is 4.25. The van der Waals surface area contributed by atoms with Crippen LogP contribution in [0.5, 0.6) is 0 Å². The molecular formula is C19H19N3. The highest BCUT2D eigenvalue weighted by molar-refractivity contribution is 5.63. The monoisotopic (exact) mass is 289 g/mol. The Morgan fingerprint density at radius 1 is 0.864 bits per heavy atom. The first kappa shape index (κ1) is 14.3. The van der Waals surface area contributed by atoms with Gasteiger partial charge in [0.1, 0.15) is 12.1 Å². The summed E-state index contributed by atoms with van der Waals surface area (Å²) in [6, 6.07) is 21.2. The van der Waals surface area contributed by atoms with Gasteiger partial charge in [0.15, 0.2) is 0 Å². The fraction of sp³-hybridized carbons (Fsp3) is 0.158. The standard InChI is InChI=1S/C19H19N3/c1-14-12-19(21-13-20-14)22-15(2)16-8-10-18(11-9-16)17-6-4-3-5-7-17/h3-13,15H,1-2H3,(H,20,21,22). The van der Waals surface area contributed by atoms with Crippen LogP contribution in [0.2, 0.25) is 0 Å². The van der Waals surface area contributed by atoms with Crippen LogP contribution < -0.4 is 5.32 Å². The highest BCUT2D eigenvalue weighted by atomic mass is 15.0. The molecule has 110 valence electrons. The first-order chi connectivity index (χ1) is 10.7. The second-order valence-electron chi connectivity index (χ2n) is 5.40. The minimum absolute atomic E-state index is 0.194. The van der Waals surface area contributed by atoms with E-state index in [9.17, 15) is 0 Å². The number of anilines is 1. The molecule has 0 saturated carbocycles. The second-order valence-corrected chi connectivity index (χ2v) is 5.40. The van der Waals surface area contributed by atoms with Crippen LogP contribution in [0.3, 0.4) is 0 Å². The smallest absolute Gasteiger partial charge is 0.130 e. The third-order valence-corrected chi connectivity index (χ3v) is 3.69. The zero-order valence-corrected chi connectivity index (χ0v) is 12.8. The Hall–Kier alpha value is -2.68. The molecule has 0 bridgehead atoms. The van der Waals surface area contributed by atoms with Gasteiger partial charge in [0.05, 0.1) is 0 Å². The number of nitrogens with one attached hydrogen (secondary N) is 1. The lowest BCUT2D eigenvalue weighted by atomic mass is 10.0. The largest absolute Gasteiger partial charge is 0.363 e. The van der Waals surface area contributed by atoms with E-state index in [-0.39, 0.29) is 6.04 Å². The van der Waals surface area contributed by atoms with Crippen molar-refractivity contribution in [2.24, 2.45) is 0 Å². The summed E-state index contributed by atoms with van der Waals surface area (Å²) in [5, 5.41) is 3.41. The number of hydrogen-bond donors (Lipinski definition) is 1. The predicted octanol–water partition coefficient (Wildman–Crippen LogP) is 4.63. The maximum atomic E-state index is 4.25. The van der Waals surface area contributed by atoms with Crippen molar-refractivity contribution in [1.82, 2.24) is 9.97 Å². The van der Waals surface area contributed by atoms with E-state index in [1.54, 1.807) is 6.33 Å². The van der Waals surface area contributed by atoms with Crippen molar-refractivity contribution in [3.8, 4) is 11.1 Å². The molecular weight excluding hydrogens is 270 g/mol. The van der Waals surface area contributed by atoms with Crippen LogP contribution in [0, 0.1) is 6.92 Å². The summed E-state index contributed by atoms with van der Waals surface area (Å²) < 4.78 is 0. The number of rotatable bonds is 4. The van der Waals surface area contributed by atoms with Crippen molar-refractivity contribution in [2.45, 2.75) is 19.9 Å². The van der Waals surface area contributed by atoms with E-state index in [0.717, 1.165) is 11.5 Å². The van der Waals surface area contributed by atoms with Gasteiger partial charge in [-0.3, -0.25) is 0 Å². The maximum Gasteiger partial charge on any atom is 0.130 e. The van der Waals surface area contributed by atoms with Crippen molar-refractivity contribution < 1.29 is 0 Å². The molecule has 1 heterocycles. The van der Waals surface area contributed by atoms with Crippen molar-refractivity contribution in [3.63, 3.8) is 0 Å². The number of hydrogen-bond acceptors (Lipinski definition) is 3. The van der Waals surface area contributed by atoms with E-state index in [1.165, 1.54) is 16.7 Å². The lowest BCUT2D eigenvalue weighted by molar-refractivity contribution is 0.870. The van der Waals surface area contributed by atoms with E-state index in [2.05, 4.69) is 70.7 Å². The van der Waals surface area contributed by atoms with E-state index >= 15 is 0 Å². The molecule has 3 nitrogen and oxygen atoms in total. The summed E-state index contributed by atoms with van der Waals surface area (Å²) in [5.41, 5.74) is 4.66. The molecule has 2 aromatic carbocycles. The summed E-state index contributed by atoms with van der Waals surface area (Å²) in [6.07, 6.45) is 1.59. The number of aryl methyl sites for hydroxylation is 1. The van der Waals surface area contributed by atoms with Crippen LogP contribution in [0.1, 0.15) is 24.2 Å². The molecule has 3 aromatic rings. The van der Waals surface area contributed by atoms with Gasteiger partial charge in [0.25, 0.3) is 0 Å². The van der Waals surface area contributed by atoms with Crippen LogP contribution in [0.15, 0.2) is 67.0 Å². The minimum Gasteiger partial charge on any atom is -0.363 e. The number of nitrogens with zero attached hydrogens (tertiary/aromatic N) is 2. The molecule has 0 radical (unpaired) electrons. The number of benzene rings is 2. The Balaban J connectivity index is 1.75. The van der Waals surface area contributed by atoms with E-state index in [4.69, 9.17) is 0 Å². The van der Waals surface area contributed by atoms with Crippen molar-refractivity contribution in [2.75, 3.05) is 5.32 Å². The average Bonchev–Trinajstić information content (AvgIpc) is 2.56. The summed E-state index contributed by atoms with van der Waals surface area (Å²) in [7, 11) is 0. The molecule has 1 aromatic heterocycles. The Labute approximate surface area is 131 Å². The molecule has 0 aliphatic carbocycles. The molecule has 0 spiro atoms. The van der Waals surface area contributed by atoms with Crippen LogP contribution in [-0.2, 0) is 0 Å². The molecule has 0 aliphatic heterocycles. The van der Waals surface area contributed by atoms with Crippen LogP contribution in [0.4, 0.5) is 5.82 Å². The second kappa shape index (κ2) is 6.39. The van der Waals surface area contributed by atoms with Gasteiger partial charge in [0.2, 0.25) is 0 Å². The van der Waals surface area contributed by atoms with E-state index < -0.39 is 0 Å². The van der Waals surface area contributed by atoms with Crippen LogP contribution >= 0.6 is 0 Å². The number of aromatic nitrogens is 2. The molecule has 3 heteroatoms. The summed E-state index contributed by atoms with van der Waals surface area (Å²) in [6.45, 7) is 4.10. The Kier molecular flexibility index (Phi) is 4.15. The lowest BCUT2D eigenvalue weighted by Crippen LogP contribution is -2.08. The summed E-state index contributed by atoms with van der Waals surface area (Å²) in [4.78, 5) is 8.36. The first-order valence-electron chi connectivity index (χ1n) is 7.43. The molecule has 0 aliphatic rings. The highest BCUT2D eigenvalue weighted by Gasteiger charge is 2.07. The summed E-state index contributed by atoms with van der Waals surface area (Å²) >= 11 is 0. The molecule has 0 fully saturated rings. The van der Waals surface area contributed by atoms with Gasteiger partial charge in [0, 0.05) is 17.8 Å². The van der Waals surface area contributed by atoms with E-state index in [1.807, 2.05) is 19.1 Å². The van der Waals surface area contributed by atoms with Gasteiger partial charge in [-0.1, -0.05) is 54.6 Å². The molecule has 0 amide bonds. The van der Waals surface area contributed by atoms with E-state index in [0.29, 0.717) is 0 Å². The van der Waals surface area contributed by atoms with Crippen molar-refractivity contribution in [1.29, 1.82) is 0 Å². The van der Waals surface area contributed by atoms with Gasteiger partial charge in [-0.05, 0) is 30.5 Å². The Morgan fingerprint density at radius 3 is 2.23 bits per heavy atom. The van der Waals surface area contributed by atoms with Gasteiger partial charge in [-0.15, -0.1) is 0 Å². The molecule has 22 heavy (non-hydrogen) atoms. The first-order valence-corrected chi connectivity index (χ1v) is 7.43. The predicted molar refractivity (Wildman–Crippen MR) is 90.7 cm³/mol. The highest BCUT2D eigenvalue weighted by Crippen LogP contribution is 2.23. The minimum atomic E-state index is 0.194. The molecule has 3 rings (SSSR count). The normalized spacial score (nSPS) is 11.9. The van der Waals surface area contributed by atoms with Gasteiger partial charge < -0.3 is 5.32 Å². The Bertz CT molecular complexity index is 736. The van der Waals surface area contributed by atoms with Crippen LogP contribution in [-0.4, -0.2) is 9.97 Å². The van der Waals surface area contributed by atoms with Gasteiger partial charge in [-0.25, -0.2) is 9.97 Å². The third-order valence-electron chi connectivity index (χ3n) is 3.69. The Morgan fingerprint density at radius 2 is 1.55 bits per heavy atom. The fourth-order valence-electron chi connectivity index (χ4n) is 2.43. The molecule has 0 saturated heterocycles. The quantitative estimate of drug-likeness (QED) is 0.761. The SMILES string of the molecule is Cc1cc(NC(C)c2ccc(-c3ccccc3)cc2)ncn1. The lowest BCUT2D eigenvalue weighted by Gasteiger charge is -2.15. The zero-order valence-electron chi connectivity index (χ0n) is 12.8. The van der Waals surface area contributed by atoms with Gasteiger partial charge in [-0.2, -0.15) is 0 Å². The zero-order chi connectivity index (χ0) is 15.4. The van der Waals surface area contributed by atoms with Gasteiger partial charge >= 0.3 is 0 Å². The fourth-order valence-corrected chi connectivity index (χ4v) is 2.43. The molecule has 1 N–H and O–H groups in total. The summed E-state index contributed by atoms with van der Waals surface area (Å²) in [5.74, 6) is 0.854. The van der Waals surface area contributed by atoms with Crippen molar-refractivity contribution in [3.05, 3.63) is 78.2 Å².